The van der Waals surface area contributed by atoms with Crippen molar-refractivity contribution in [2.45, 2.75) is 26.8 Å². The molecule has 0 aliphatic rings. The maximum absolute atomic E-state index is 13.4. The molecule has 0 unspecified atom stereocenters. The van der Waals surface area contributed by atoms with Crippen LogP contribution in [0.4, 0.5) is 8.78 Å². The van der Waals surface area contributed by atoms with Gasteiger partial charge in [0.2, 0.25) is 0 Å². The summed E-state index contributed by atoms with van der Waals surface area (Å²) < 4.78 is 26.6. The zero-order valence-corrected chi connectivity index (χ0v) is 12.9. The Kier molecular flexibility index (Phi) is 5.32. The van der Waals surface area contributed by atoms with E-state index in [0.717, 1.165) is 48.3 Å². The van der Waals surface area contributed by atoms with E-state index in [-0.39, 0.29) is 5.02 Å². The molecule has 1 N–H and O–H groups in total. The second-order valence-electron chi connectivity index (χ2n) is 5.07. The van der Waals surface area contributed by atoms with E-state index in [1.54, 1.807) is 0 Å². The number of rotatable bonds is 5. The molecular formula is C17H18ClF2N. The van der Waals surface area contributed by atoms with Crippen LogP contribution in [0.25, 0.3) is 11.1 Å². The molecule has 0 bridgehead atoms. The van der Waals surface area contributed by atoms with Gasteiger partial charge in [-0.3, -0.25) is 0 Å². The van der Waals surface area contributed by atoms with E-state index in [0.29, 0.717) is 5.56 Å². The van der Waals surface area contributed by atoms with Crippen molar-refractivity contribution in [3.05, 3.63) is 58.1 Å². The first kappa shape index (κ1) is 15.9. The number of nitrogens with one attached hydrogen (secondary N) is 1. The summed E-state index contributed by atoms with van der Waals surface area (Å²) in [5, 5.41) is 3.55. The summed E-state index contributed by atoms with van der Waals surface area (Å²) >= 11 is 6.03. The van der Waals surface area contributed by atoms with Crippen LogP contribution in [0.1, 0.15) is 24.5 Å². The van der Waals surface area contributed by atoms with Crippen LogP contribution in [0.2, 0.25) is 5.02 Å². The van der Waals surface area contributed by atoms with Crippen LogP contribution in [0.3, 0.4) is 0 Å². The molecule has 0 radical (unpaired) electrons. The van der Waals surface area contributed by atoms with Crippen molar-refractivity contribution >= 4 is 11.6 Å². The fourth-order valence-corrected chi connectivity index (χ4v) is 2.53. The lowest BCUT2D eigenvalue weighted by Gasteiger charge is -2.11. The fourth-order valence-electron chi connectivity index (χ4n) is 2.28. The second-order valence-corrected chi connectivity index (χ2v) is 5.48. The number of hydrogen-bond donors (Lipinski definition) is 1. The monoisotopic (exact) mass is 309 g/mol. The van der Waals surface area contributed by atoms with Gasteiger partial charge < -0.3 is 5.32 Å². The average molecular weight is 310 g/mol. The highest BCUT2D eigenvalue weighted by atomic mass is 35.5. The standard InChI is InChI=1S/C17H18ClF2N/c1-3-6-21-10-12-4-5-13(11(2)7-12)14-8-16(19)17(20)9-15(14)18/h4-5,7-9,21H,3,6,10H2,1-2H3. The minimum atomic E-state index is -0.929. The smallest absolute Gasteiger partial charge is 0.160 e. The molecule has 2 aromatic carbocycles. The first-order chi connectivity index (χ1) is 10.0. The van der Waals surface area contributed by atoms with Gasteiger partial charge in [-0.2, -0.15) is 0 Å². The maximum Gasteiger partial charge on any atom is 0.160 e. The average Bonchev–Trinajstić information content (AvgIpc) is 2.44. The fraction of sp³-hybridized carbons (Fsp3) is 0.294. The van der Waals surface area contributed by atoms with Gasteiger partial charge in [0.15, 0.2) is 11.6 Å². The van der Waals surface area contributed by atoms with Crippen LogP contribution >= 0.6 is 11.6 Å². The Morgan fingerprint density at radius 3 is 2.43 bits per heavy atom. The maximum atomic E-state index is 13.4. The highest BCUT2D eigenvalue weighted by molar-refractivity contribution is 6.33. The van der Waals surface area contributed by atoms with Gasteiger partial charge in [-0.25, -0.2) is 8.78 Å². The Hall–Kier alpha value is -1.45. The molecule has 0 amide bonds. The zero-order chi connectivity index (χ0) is 15.4. The van der Waals surface area contributed by atoms with E-state index >= 15 is 0 Å². The van der Waals surface area contributed by atoms with Gasteiger partial charge >= 0.3 is 0 Å². The van der Waals surface area contributed by atoms with E-state index in [9.17, 15) is 8.78 Å². The van der Waals surface area contributed by atoms with Crippen LogP contribution in [0.5, 0.6) is 0 Å². The minimum Gasteiger partial charge on any atom is -0.313 e. The highest BCUT2D eigenvalue weighted by Gasteiger charge is 2.12. The lowest BCUT2D eigenvalue weighted by Crippen LogP contribution is -2.13. The first-order valence-corrected chi connectivity index (χ1v) is 7.36. The molecule has 112 valence electrons. The molecule has 0 atom stereocenters. The molecule has 2 aromatic rings. The van der Waals surface area contributed by atoms with E-state index in [4.69, 9.17) is 11.6 Å². The number of hydrogen-bond acceptors (Lipinski definition) is 1. The van der Waals surface area contributed by atoms with E-state index in [1.165, 1.54) is 0 Å². The van der Waals surface area contributed by atoms with Crippen molar-refractivity contribution in [1.29, 1.82) is 0 Å². The van der Waals surface area contributed by atoms with Crippen LogP contribution in [0.15, 0.2) is 30.3 Å². The molecule has 21 heavy (non-hydrogen) atoms. The Labute approximate surface area is 128 Å². The molecule has 0 spiro atoms. The summed E-state index contributed by atoms with van der Waals surface area (Å²) in [6.45, 7) is 5.82. The summed E-state index contributed by atoms with van der Waals surface area (Å²) in [5.74, 6) is -1.82. The topological polar surface area (TPSA) is 12.0 Å². The SMILES string of the molecule is CCCNCc1ccc(-c2cc(F)c(F)cc2Cl)c(C)c1. The number of aryl methyl sites for hydroxylation is 1. The van der Waals surface area contributed by atoms with Crippen molar-refractivity contribution < 1.29 is 8.78 Å². The molecule has 1 nitrogen and oxygen atoms in total. The van der Waals surface area contributed by atoms with Gasteiger partial charge in [-0.15, -0.1) is 0 Å². The number of benzene rings is 2. The molecule has 0 aromatic heterocycles. The molecule has 0 saturated heterocycles. The predicted octanol–water partition coefficient (Wildman–Crippen LogP) is 5.09. The van der Waals surface area contributed by atoms with Crippen molar-refractivity contribution in [3.63, 3.8) is 0 Å². The van der Waals surface area contributed by atoms with Gasteiger partial charge in [-0.1, -0.05) is 36.7 Å². The van der Waals surface area contributed by atoms with Crippen molar-refractivity contribution in [2.24, 2.45) is 0 Å². The molecule has 4 heteroatoms. The van der Waals surface area contributed by atoms with Gasteiger partial charge in [0.25, 0.3) is 0 Å². The van der Waals surface area contributed by atoms with E-state index in [1.807, 2.05) is 25.1 Å². The quantitative estimate of drug-likeness (QED) is 0.599. The minimum absolute atomic E-state index is 0.217. The van der Waals surface area contributed by atoms with Crippen molar-refractivity contribution in [1.82, 2.24) is 5.32 Å². The molecule has 0 aliphatic heterocycles. The van der Waals surface area contributed by atoms with Gasteiger partial charge in [0.1, 0.15) is 0 Å². The lowest BCUT2D eigenvalue weighted by atomic mass is 9.98. The number of halogens is 3. The Balaban J connectivity index is 2.31. The molecule has 2 rings (SSSR count). The predicted molar refractivity (Wildman–Crippen MR) is 83.5 cm³/mol. The zero-order valence-electron chi connectivity index (χ0n) is 12.1. The van der Waals surface area contributed by atoms with Crippen LogP contribution < -0.4 is 5.32 Å². The largest absolute Gasteiger partial charge is 0.313 e. The summed E-state index contributed by atoms with van der Waals surface area (Å²) in [7, 11) is 0. The summed E-state index contributed by atoms with van der Waals surface area (Å²) in [4.78, 5) is 0. The molecule has 0 heterocycles. The van der Waals surface area contributed by atoms with Crippen LogP contribution in [-0.2, 0) is 6.54 Å². The Morgan fingerprint density at radius 2 is 1.76 bits per heavy atom. The third-order valence-corrected chi connectivity index (χ3v) is 3.66. The Morgan fingerprint density at radius 1 is 1.05 bits per heavy atom. The van der Waals surface area contributed by atoms with Gasteiger partial charge in [0, 0.05) is 12.1 Å². The summed E-state index contributed by atoms with van der Waals surface area (Å²) in [6.07, 6.45) is 1.08. The van der Waals surface area contributed by atoms with Gasteiger partial charge in [0.05, 0.1) is 5.02 Å². The summed E-state index contributed by atoms with van der Waals surface area (Å²) in [6, 6.07) is 8.08. The van der Waals surface area contributed by atoms with Crippen LogP contribution in [-0.4, -0.2) is 6.54 Å². The molecule has 0 saturated carbocycles. The molecule has 0 aliphatic carbocycles. The van der Waals surface area contributed by atoms with Gasteiger partial charge in [-0.05, 0) is 48.7 Å². The highest BCUT2D eigenvalue weighted by Crippen LogP contribution is 2.32. The van der Waals surface area contributed by atoms with E-state index < -0.39 is 11.6 Å². The van der Waals surface area contributed by atoms with Crippen LogP contribution in [0, 0.1) is 18.6 Å². The third kappa shape index (κ3) is 3.80. The lowest BCUT2D eigenvalue weighted by molar-refractivity contribution is 0.509. The Bertz CT molecular complexity index is 641. The van der Waals surface area contributed by atoms with E-state index in [2.05, 4.69) is 12.2 Å². The first-order valence-electron chi connectivity index (χ1n) is 6.98. The molecular weight excluding hydrogens is 292 g/mol. The van der Waals surface area contributed by atoms with Crippen molar-refractivity contribution in [2.75, 3.05) is 6.54 Å². The van der Waals surface area contributed by atoms with Crippen molar-refractivity contribution in [3.8, 4) is 11.1 Å². The third-order valence-electron chi connectivity index (χ3n) is 3.35. The molecule has 0 fully saturated rings. The second kappa shape index (κ2) is 7.01. The summed E-state index contributed by atoms with van der Waals surface area (Å²) in [5.41, 5.74) is 3.47. The normalized spacial score (nSPS) is 10.9.